The second kappa shape index (κ2) is 5.63. The summed E-state index contributed by atoms with van der Waals surface area (Å²) in [6.45, 7) is 6.84. The number of carbonyl (C=O) groups excluding carboxylic acids is 1. The molecule has 0 aromatic carbocycles. The average Bonchev–Trinajstić information content (AvgIpc) is 2.00. The first-order chi connectivity index (χ1) is 5.57. The van der Waals surface area contributed by atoms with E-state index >= 15 is 0 Å². The van der Waals surface area contributed by atoms with Crippen molar-refractivity contribution < 1.29 is 9.53 Å². The van der Waals surface area contributed by atoms with E-state index in [2.05, 4.69) is 0 Å². The Labute approximate surface area is 74.0 Å². The Kier molecular flexibility index (Phi) is 5.17. The molecule has 0 bridgehead atoms. The zero-order chi connectivity index (χ0) is 9.56. The van der Waals surface area contributed by atoms with E-state index < -0.39 is 0 Å². The van der Waals surface area contributed by atoms with Gasteiger partial charge in [0.15, 0.2) is 0 Å². The quantitative estimate of drug-likeness (QED) is 0.608. The van der Waals surface area contributed by atoms with Gasteiger partial charge in [0.05, 0.1) is 6.61 Å². The van der Waals surface area contributed by atoms with Crippen LogP contribution in [0.15, 0.2) is 11.6 Å². The largest absolute Gasteiger partial charge is 0.450 e. The molecule has 0 unspecified atom stereocenters. The molecule has 3 heteroatoms. The number of rotatable bonds is 3. The minimum Gasteiger partial charge on any atom is -0.450 e. The van der Waals surface area contributed by atoms with Crippen LogP contribution in [-0.4, -0.2) is 31.2 Å². The van der Waals surface area contributed by atoms with Crippen LogP contribution in [-0.2, 0) is 4.74 Å². The van der Waals surface area contributed by atoms with Gasteiger partial charge in [0.1, 0.15) is 0 Å². The molecular weight excluding hydrogens is 154 g/mol. The molecular formula is C9H17NO2. The summed E-state index contributed by atoms with van der Waals surface area (Å²) in [5, 5.41) is 0. The number of amides is 1. The van der Waals surface area contributed by atoms with Crippen LogP contribution < -0.4 is 0 Å². The van der Waals surface area contributed by atoms with Gasteiger partial charge in [-0.25, -0.2) is 4.79 Å². The highest BCUT2D eigenvalue weighted by molar-refractivity contribution is 5.67. The fraction of sp³-hybridized carbons (Fsp3) is 0.667. The van der Waals surface area contributed by atoms with Gasteiger partial charge in [-0.3, -0.25) is 0 Å². The third kappa shape index (κ3) is 4.77. The SMILES string of the molecule is CCOC(=O)N(C)CC=C(C)C. The average molecular weight is 171 g/mol. The van der Waals surface area contributed by atoms with Gasteiger partial charge in [-0.15, -0.1) is 0 Å². The van der Waals surface area contributed by atoms with Crippen molar-refractivity contribution in [2.45, 2.75) is 20.8 Å². The van der Waals surface area contributed by atoms with Crippen molar-refractivity contribution in [2.24, 2.45) is 0 Å². The Morgan fingerprint density at radius 2 is 2.08 bits per heavy atom. The van der Waals surface area contributed by atoms with Crippen molar-refractivity contribution in [1.29, 1.82) is 0 Å². The van der Waals surface area contributed by atoms with Crippen molar-refractivity contribution in [3.8, 4) is 0 Å². The molecule has 0 aromatic heterocycles. The molecule has 70 valence electrons. The zero-order valence-corrected chi connectivity index (χ0v) is 8.26. The molecule has 0 spiro atoms. The summed E-state index contributed by atoms with van der Waals surface area (Å²) in [7, 11) is 1.72. The summed E-state index contributed by atoms with van der Waals surface area (Å²) < 4.78 is 4.79. The molecule has 0 saturated heterocycles. The Morgan fingerprint density at radius 1 is 1.50 bits per heavy atom. The standard InChI is InChI=1S/C9H17NO2/c1-5-12-9(11)10(4)7-6-8(2)3/h6H,5,7H2,1-4H3. The Balaban J connectivity index is 3.79. The van der Waals surface area contributed by atoms with Gasteiger partial charge in [-0.1, -0.05) is 11.6 Å². The van der Waals surface area contributed by atoms with E-state index in [1.165, 1.54) is 10.5 Å². The topological polar surface area (TPSA) is 29.5 Å². The van der Waals surface area contributed by atoms with Gasteiger partial charge in [-0.2, -0.15) is 0 Å². The first-order valence-electron chi connectivity index (χ1n) is 4.09. The van der Waals surface area contributed by atoms with Crippen LogP contribution in [0.2, 0.25) is 0 Å². The molecule has 0 rings (SSSR count). The summed E-state index contributed by atoms with van der Waals surface area (Å²) in [5.41, 5.74) is 1.20. The van der Waals surface area contributed by atoms with Crippen molar-refractivity contribution in [3.05, 3.63) is 11.6 Å². The Bertz CT molecular complexity index is 171. The number of hydrogen-bond donors (Lipinski definition) is 0. The van der Waals surface area contributed by atoms with Crippen molar-refractivity contribution >= 4 is 6.09 Å². The molecule has 0 aromatic rings. The minimum atomic E-state index is -0.269. The number of allylic oxidation sites excluding steroid dienone is 1. The van der Waals surface area contributed by atoms with Crippen molar-refractivity contribution in [2.75, 3.05) is 20.2 Å². The van der Waals surface area contributed by atoms with Crippen LogP contribution in [0.3, 0.4) is 0 Å². The number of ether oxygens (including phenoxy) is 1. The predicted octanol–water partition coefficient (Wildman–Crippen LogP) is 2.04. The van der Waals surface area contributed by atoms with Crippen LogP contribution in [0, 0.1) is 0 Å². The highest BCUT2D eigenvalue weighted by Gasteiger charge is 2.05. The van der Waals surface area contributed by atoms with E-state index in [0.29, 0.717) is 13.2 Å². The van der Waals surface area contributed by atoms with Crippen molar-refractivity contribution in [1.82, 2.24) is 4.90 Å². The van der Waals surface area contributed by atoms with Gasteiger partial charge in [0.25, 0.3) is 0 Å². The van der Waals surface area contributed by atoms with E-state index in [1.54, 1.807) is 14.0 Å². The second-order valence-corrected chi connectivity index (χ2v) is 2.86. The lowest BCUT2D eigenvalue weighted by Crippen LogP contribution is -2.27. The number of hydrogen-bond acceptors (Lipinski definition) is 2. The molecule has 0 aliphatic rings. The predicted molar refractivity (Wildman–Crippen MR) is 49.1 cm³/mol. The van der Waals surface area contributed by atoms with E-state index in [9.17, 15) is 4.79 Å². The first-order valence-corrected chi connectivity index (χ1v) is 4.09. The monoisotopic (exact) mass is 171 g/mol. The molecule has 0 saturated carbocycles. The molecule has 0 heterocycles. The van der Waals surface area contributed by atoms with Gasteiger partial charge in [0, 0.05) is 13.6 Å². The third-order valence-electron chi connectivity index (χ3n) is 1.35. The molecule has 0 N–H and O–H groups in total. The lowest BCUT2D eigenvalue weighted by Gasteiger charge is -2.13. The van der Waals surface area contributed by atoms with Crippen LogP contribution in [0.1, 0.15) is 20.8 Å². The van der Waals surface area contributed by atoms with E-state index in [4.69, 9.17) is 4.74 Å². The summed E-state index contributed by atoms with van der Waals surface area (Å²) >= 11 is 0. The maximum absolute atomic E-state index is 11.0. The van der Waals surface area contributed by atoms with Crippen LogP contribution in [0.4, 0.5) is 4.79 Å². The molecule has 0 atom stereocenters. The minimum absolute atomic E-state index is 0.269. The number of nitrogens with zero attached hydrogens (tertiary/aromatic N) is 1. The normalized spacial score (nSPS) is 9.00. The number of likely N-dealkylation sites (N-methyl/N-ethyl adjacent to an activating group) is 1. The van der Waals surface area contributed by atoms with Crippen LogP contribution >= 0.6 is 0 Å². The summed E-state index contributed by atoms with van der Waals surface area (Å²) in [6, 6.07) is 0. The first kappa shape index (κ1) is 11.0. The maximum atomic E-state index is 11.0. The highest BCUT2D eigenvalue weighted by atomic mass is 16.5. The molecule has 3 nitrogen and oxygen atoms in total. The summed E-state index contributed by atoms with van der Waals surface area (Å²) in [5.74, 6) is 0. The second-order valence-electron chi connectivity index (χ2n) is 2.86. The molecule has 12 heavy (non-hydrogen) atoms. The smallest absolute Gasteiger partial charge is 0.409 e. The fourth-order valence-corrected chi connectivity index (χ4v) is 0.628. The van der Waals surface area contributed by atoms with Gasteiger partial charge in [-0.05, 0) is 20.8 Å². The molecule has 0 aliphatic heterocycles. The van der Waals surface area contributed by atoms with Gasteiger partial charge >= 0.3 is 6.09 Å². The summed E-state index contributed by atoms with van der Waals surface area (Å²) in [6.07, 6.45) is 1.71. The van der Waals surface area contributed by atoms with Gasteiger partial charge in [0.2, 0.25) is 0 Å². The Hall–Kier alpha value is -0.990. The molecule has 0 radical (unpaired) electrons. The number of carbonyl (C=O) groups is 1. The molecule has 0 aliphatic carbocycles. The van der Waals surface area contributed by atoms with Crippen LogP contribution in [0.5, 0.6) is 0 Å². The van der Waals surface area contributed by atoms with Gasteiger partial charge < -0.3 is 9.64 Å². The highest BCUT2D eigenvalue weighted by Crippen LogP contribution is 1.93. The molecule has 0 fully saturated rings. The third-order valence-corrected chi connectivity index (χ3v) is 1.35. The maximum Gasteiger partial charge on any atom is 0.409 e. The van der Waals surface area contributed by atoms with E-state index in [-0.39, 0.29) is 6.09 Å². The van der Waals surface area contributed by atoms with E-state index in [1.807, 2.05) is 19.9 Å². The lowest BCUT2D eigenvalue weighted by molar-refractivity contribution is 0.120. The lowest BCUT2D eigenvalue weighted by atomic mass is 10.3. The molecule has 1 amide bonds. The van der Waals surface area contributed by atoms with Crippen LogP contribution in [0.25, 0.3) is 0 Å². The zero-order valence-electron chi connectivity index (χ0n) is 8.26. The Morgan fingerprint density at radius 3 is 2.50 bits per heavy atom. The van der Waals surface area contributed by atoms with Crippen molar-refractivity contribution in [3.63, 3.8) is 0 Å². The van der Waals surface area contributed by atoms with E-state index in [0.717, 1.165) is 0 Å². The summed E-state index contributed by atoms with van der Waals surface area (Å²) in [4.78, 5) is 12.6. The fourth-order valence-electron chi connectivity index (χ4n) is 0.628.